The Kier molecular flexibility index (Phi) is 4.35. The third-order valence-electron chi connectivity index (χ3n) is 3.36. The highest BCUT2D eigenvalue weighted by Gasteiger charge is 2.13. The predicted octanol–water partition coefficient (Wildman–Crippen LogP) is 1.89. The molecule has 4 heteroatoms. The first-order valence-corrected chi connectivity index (χ1v) is 6.47. The van der Waals surface area contributed by atoms with Crippen LogP contribution in [0.1, 0.15) is 22.9 Å². The smallest absolute Gasteiger partial charge is 0.0916 e. The van der Waals surface area contributed by atoms with E-state index in [1.54, 1.807) is 0 Å². The van der Waals surface area contributed by atoms with Gasteiger partial charge in [-0.1, -0.05) is 30.3 Å². The summed E-state index contributed by atoms with van der Waals surface area (Å²) in [7, 11) is 3.96. The van der Waals surface area contributed by atoms with Gasteiger partial charge in [0.15, 0.2) is 0 Å². The van der Waals surface area contributed by atoms with E-state index >= 15 is 0 Å². The van der Waals surface area contributed by atoms with Gasteiger partial charge in [0.1, 0.15) is 0 Å². The molecule has 1 aromatic carbocycles. The zero-order valence-corrected chi connectivity index (χ0v) is 11.7. The highest BCUT2D eigenvalue weighted by molar-refractivity contribution is 5.18. The van der Waals surface area contributed by atoms with Gasteiger partial charge in [0.2, 0.25) is 0 Å². The van der Waals surface area contributed by atoms with Crippen LogP contribution >= 0.6 is 0 Å². The normalized spacial score (nSPS) is 12.9. The number of hydrogen-bond acceptors (Lipinski definition) is 3. The average Bonchev–Trinajstić information content (AvgIpc) is 2.71. The van der Waals surface area contributed by atoms with E-state index in [1.807, 2.05) is 55.3 Å². The number of aliphatic hydroxyl groups is 1. The zero-order chi connectivity index (χ0) is 13.8. The van der Waals surface area contributed by atoms with E-state index in [-0.39, 0.29) is 0 Å². The molecule has 4 nitrogen and oxygen atoms in total. The van der Waals surface area contributed by atoms with Crippen LogP contribution < -0.4 is 0 Å². The topological polar surface area (TPSA) is 41.3 Å². The average molecular weight is 259 g/mol. The van der Waals surface area contributed by atoms with Crippen LogP contribution in [0.15, 0.2) is 36.5 Å². The van der Waals surface area contributed by atoms with Gasteiger partial charge in [-0.2, -0.15) is 5.10 Å². The van der Waals surface area contributed by atoms with E-state index in [1.165, 1.54) is 11.3 Å². The number of aliphatic hydroxyl groups excluding tert-OH is 1. The van der Waals surface area contributed by atoms with Crippen molar-refractivity contribution in [2.24, 2.45) is 7.05 Å². The Morgan fingerprint density at radius 2 is 2.00 bits per heavy atom. The van der Waals surface area contributed by atoms with Crippen molar-refractivity contribution in [2.75, 3.05) is 13.6 Å². The van der Waals surface area contributed by atoms with E-state index in [4.69, 9.17) is 0 Å². The Morgan fingerprint density at radius 3 is 2.58 bits per heavy atom. The number of hydrogen-bond donors (Lipinski definition) is 1. The SMILES string of the molecule is Cc1cnn(C)c1CN(C)CC(O)c1ccccc1. The summed E-state index contributed by atoms with van der Waals surface area (Å²) in [6.45, 7) is 3.45. The summed E-state index contributed by atoms with van der Waals surface area (Å²) in [5.74, 6) is 0. The monoisotopic (exact) mass is 259 g/mol. The zero-order valence-electron chi connectivity index (χ0n) is 11.7. The van der Waals surface area contributed by atoms with Gasteiger partial charge in [0.05, 0.1) is 18.0 Å². The molecule has 1 heterocycles. The lowest BCUT2D eigenvalue weighted by Crippen LogP contribution is -2.25. The summed E-state index contributed by atoms with van der Waals surface area (Å²) in [5, 5.41) is 14.4. The molecule has 1 aromatic heterocycles. The van der Waals surface area contributed by atoms with Crippen molar-refractivity contribution in [3.05, 3.63) is 53.3 Å². The third kappa shape index (κ3) is 3.43. The van der Waals surface area contributed by atoms with Gasteiger partial charge in [-0.3, -0.25) is 9.58 Å². The minimum atomic E-state index is -0.459. The fourth-order valence-corrected chi connectivity index (χ4v) is 2.20. The van der Waals surface area contributed by atoms with E-state index in [0.717, 1.165) is 12.1 Å². The van der Waals surface area contributed by atoms with Crippen LogP contribution in [0, 0.1) is 6.92 Å². The van der Waals surface area contributed by atoms with Gasteiger partial charge >= 0.3 is 0 Å². The summed E-state index contributed by atoms with van der Waals surface area (Å²) in [4.78, 5) is 2.11. The highest BCUT2D eigenvalue weighted by Crippen LogP contribution is 2.15. The van der Waals surface area contributed by atoms with Crippen molar-refractivity contribution in [3.63, 3.8) is 0 Å². The molecule has 1 N–H and O–H groups in total. The molecule has 1 unspecified atom stereocenters. The maximum atomic E-state index is 10.2. The molecular weight excluding hydrogens is 238 g/mol. The first-order chi connectivity index (χ1) is 9.08. The van der Waals surface area contributed by atoms with Crippen LogP contribution in [0.4, 0.5) is 0 Å². The van der Waals surface area contributed by atoms with Crippen LogP contribution in [0.25, 0.3) is 0 Å². The summed E-state index contributed by atoms with van der Waals surface area (Å²) in [6, 6.07) is 9.76. The van der Waals surface area contributed by atoms with Gasteiger partial charge in [-0.15, -0.1) is 0 Å². The molecule has 0 radical (unpaired) electrons. The van der Waals surface area contributed by atoms with Gasteiger partial charge in [-0.05, 0) is 25.1 Å². The minimum absolute atomic E-state index is 0.459. The standard InChI is InChI=1S/C15H21N3O/c1-12-9-16-18(3)14(12)10-17(2)11-15(19)13-7-5-4-6-8-13/h4-9,15,19H,10-11H2,1-3H3. The number of rotatable bonds is 5. The van der Waals surface area contributed by atoms with Crippen molar-refractivity contribution in [1.82, 2.24) is 14.7 Å². The first kappa shape index (κ1) is 13.8. The number of nitrogens with zero attached hydrogens (tertiary/aromatic N) is 3. The molecule has 2 rings (SSSR count). The third-order valence-corrected chi connectivity index (χ3v) is 3.36. The highest BCUT2D eigenvalue weighted by atomic mass is 16.3. The fourth-order valence-electron chi connectivity index (χ4n) is 2.20. The number of likely N-dealkylation sites (N-methyl/N-ethyl adjacent to an activating group) is 1. The first-order valence-electron chi connectivity index (χ1n) is 6.47. The summed E-state index contributed by atoms with van der Waals surface area (Å²) in [5.41, 5.74) is 3.32. The van der Waals surface area contributed by atoms with Crippen molar-refractivity contribution >= 4 is 0 Å². The van der Waals surface area contributed by atoms with Crippen LogP contribution in [0.2, 0.25) is 0 Å². The van der Waals surface area contributed by atoms with Crippen molar-refractivity contribution < 1.29 is 5.11 Å². The number of aromatic nitrogens is 2. The lowest BCUT2D eigenvalue weighted by Gasteiger charge is -2.21. The van der Waals surface area contributed by atoms with Crippen LogP contribution in [0.3, 0.4) is 0 Å². The molecule has 0 saturated carbocycles. The van der Waals surface area contributed by atoms with E-state index in [0.29, 0.717) is 6.54 Å². The van der Waals surface area contributed by atoms with Crippen molar-refractivity contribution in [1.29, 1.82) is 0 Å². The second-order valence-corrected chi connectivity index (χ2v) is 5.02. The predicted molar refractivity (Wildman–Crippen MR) is 75.7 cm³/mol. The lowest BCUT2D eigenvalue weighted by molar-refractivity contribution is 0.122. The Hall–Kier alpha value is -1.65. The van der Waals surface area contributed by atoms with Crippen LogP contribution in [0.5, 0.6) is 0 Å². The Morgan fingerprint density at radius 1 is 1.32 bits per heavy atom. The molecule has 0 aliphatic rings. The molecule has 0 saturated heterocycles. The molecule has 0 aliphatic heterocycles. The maximum Gasteiger partial charge on any atom is 0.0916 e. The quantitative estimate of drug-likeness (QED) is 0.891. The molecule has 0 spiro atoms. The molecule has 0 bridgehead atoms. The molecular formula is C15H21N3O. The van der Waals surface area contributed by atoms with Crippen molar-refractivity contribution in [2.45, 2.75) is 19.6 Å². The Bertz CT molecular complexity index is 502. The van der Waals surface area contributed by atoms with Crippen LogP contribution in [-0.4, -0.2) is 33.4 Å². The molecule has 0 amide bonds. The number of benzene rings is 1. The number of aryl methyl sites for hydroxylation is 2. The van der Waals surface area contributed by atoms with Crippen molar-refractivity contribution in [3.8, 4) is 0 Å². The van der Waals surface area contributed by atoms with Gasteiger partial charge in [0.25, 0.3) is 0 Å². The van der Waals surface area contributed by atoms with Crippen LogP contribution in [-0.2, 0) is 13.6 Å². The Balaban J connectivity index is 1.97. The lowest BCUT2D eigenvalue weighted by atomic mass is 10.1. The van der Waals surface area contributed by atoms with E-state index in [2.05, 4.69) is 16.9 Å². The maximum absolute atomic E-state index is 10.2. The molecule has 19 heavy (non-hydrogen) atoms. The Labute approximate surface area is 114 Å². The summed E-state index contributed by atoms with van der Waals surface area (Å²) in [6.07, 6.45) is 1.41. The molecule has 1 atom stereocenters. The fraction of sp³-hybridized carbons (Fsp3) is 0.400. The molecule has 102 valence electrons. The molecule has 2 aromatic rings. The molecule has 0 fully saturated rings. The second kappa shape index (κ2) is 5.99. The minimum Gasteiger partial charge on any atom is -0.387 e. The second-order valence-electron chi connectivity index (χ2n) is 5.02. The largest absolute Gasteiger partial charge is 0.387 e. The summed E-state index contributed by atoms with van der Waals surface area (Å²) < 4.78 is 1.89. The van der Waals surface area contributed by atoms with Gasteiger partial charge in [-0.25, -0.2) is 0 Å². The van der Waals surface area contributed by atoms with Gasteiger partial charge in [0, 0.05) is 20.1 Å². The summed E-state index contributed by atoms with van der Waals surface area (Å²) >= 11 is 0. The van der Waals surface area contributed by atoms with Gasteiger partial charge < -0.3 is 5.11 Å². The molecule has 0 aliphatic carbocycles. The van der Waals surface area contributed by atoms with E-state index < -0.39 is 6.10 Å². The van der Waals surface area contributed by atoms with E-state index in [9.17, 15) is 5.11 Å².